The molecule has 0 radical (unpaired) electrons. The molecule has 13 rings (SSSR count). The first-order valence-corrected chi connectivity index (χ1v) is 48.9. The number of rotatable bonds is 43. The summed E-state index contributed by atoms with van der Waals surface area (Å²) in [5, 5.41) is 63.5. The Morgan fingerprint density at radius 1 is 0.486 bits per heavy atom. The Balaban J connectivity index is 0.705. The summed E-state index contributed by atoms with van der Waals surface area (Å²) in [5.74, 6) is -6.92. The highest BCUT2D eigenvalue weighted by Crippen LogP contribution is 2.56. The smallest absolute Gasteiger partial charge is 0.472 e. The number of aromatic amines is 3. The van der Waals surface area contributed by atoms with E-state index in [2.05, 4.69) is 56.2 Å². The number of aliphatic hydroxyl groups excluding tert-OH is 4. The van der Waals surface area contributed by atoms with Crippen molar-refractivity contribution in [1.82, 2.24) is 89.0 Å². The molecule has 66 heteroatoms. The van der Waals surface area contributed by atoms with Gasteiger partial charge in [-0.2, -0.15) is 0 Å². The lowest BCUT2D eigenvalue weighted by atomic mass is 10.0. The predicted octanol–water partition coefficient (Wildman–Crippen LogP) is -4.78. The number of aryl methyl sites for hydroxylation is 3. The van der Waals surface area contributed by atoms with Gasteiger partial charge in [0.05, 0.1) is 71.4 Å². The molecule has 21 N–H and O–H groups in total. The predicted molar refractivity (Wildman–Crippen MR) is 457 cm³/mol. The summed E-state index contributed by atoms with van der Waals surface area (Å²) in [6.45, 7) is -0.414. The van der Waals surface area contributed by atoms with Crippen LogP contribution in [0.15, 0.2) is 103 Å². The second-order valence-corrected chi connectivity index (χ2v) is 39.3. The highest BCUT2D eigenvalue weighted by atomic mass is 31.2. The third kappa shape index (κ3) is 25.3. The number of phosphoric ester groups is 5. The van der Waals surface area contributed by atoms with Gasteiger partial charge in [0.15, 0.2) is 35.4 Å². The zero-order valence-corrected chi connectivity index (χ0v) is 77.3. The summed E-state index contributed by atoms with van der Waals surface area (Å²) < 4.78 is 160. The lowest BCUT2D eigenvalue weighted by Crippen LogP contribution is -2.58. The number of carbonyl (C=O) groups excluding carboxylic acids is 4. The van der Waals surface area contributed by atoms with Crippen LogP contribution in [0.3, 0.4) is 0 Å². The summed E-state index contributed by atoms with van der Waals surface area (Å²) in [7, 11) is -28.7. The molecule has 138 heavy (non-hydrogen) atoms. The number of anilines is 2. The van der Waals surface area contributed by atoms with Crippen molar-refractivity contribution in [3.63, 3.8) is 0 Å². The molecule has 0 spiro atoms. The van der Waals surface area contributed by atoms with Gasteiger partial charge in [-0.15, -0.1) is 0 Å². The molecule has 0 saturated carbocycles. The standard InChI is InChI=1S/C72H95N20O41P5/c1-30(2)50(69(104)105)84-65(102)36(19-93)83-64(101)34(6)81-66(103)37(82-46(95)12-35-10-8-7-9-11-35)20-119-134(109,110)120-22-42-39(14-48(126-42)89-17-32(4)62(99)86-71(89)107)130-135(111,112)123-25-45-56(54(97)68(129-45)92-29-80-52-58(74)76-27-78-60(52)92)133-138(117,118)122-23-43-40(15-49(127-43)90-18-33(5)63(100)87-72(90)108)131-136(113,114)124-24-44-55(53(96)67(128-44)91-28-79-51-57(73)75-26-77-59(51)91)132-137(115,116)121-21-41-38(94)13-47(125-41)88-16-31(3)61(98)85-70(88)106/h7-11,16-18,26-30,34,36-45,47-50,53-56,67-68,93-94,96-97H,12-15,19-25H2,1-6H3,(H,81,103)(H,82,95)(H,83,101)(H,84,102)(H,104,105)(H,109,110)(H,111,112)(H,113,114)(H,115,116)(H,117,118)(H2,73,75,77)(H2,74,76,78)(H,85,98,106)(H,86,99,107)(H,87,100,108)/t34-,36-,37-,38-,39-,40-,41+,42+,43+,44+,45+,47+,48+,49+,50-,53+,54+,55+,56+,67+,68+/m0/s1. The van der Waals surface area contributed by atoms with Crippen LogP contribution in [0.2, 0.25) is 0 Å². The minimum absolute atomic E-state index is 0.0392. The number of imidazole rings is 2. The van der Waals surface area contributed by atoms with Crippen LogP contribution in [-0.4, -0.2) is 291 Å². The fraction of sp³-hybridized carbons (Fsp3) is 0.542. The number of H-pyrrole nitrogens is 3. The van der Waals surface area contributed by atoms with Crippen LogP contribution in [-0.2, 0) is 122 Å². The summed E-state index contributed by atoms with van der Waals surface area (Å²) in [6.07, 6.45) is -26.5. The highest BCUT2D eigenvalue weighted by Gasteiger charge is 2.55. The zero-order valence-electron chi connectivity index (χ0n) is 72.8. The first-order chi connectivity index (χ1) is 64.9. The van der Waals surface area contributed by atoms with E-state index in [-0.39, 0.29) is 57.1 Å². The van der Waals surface area contributed by atoms with Crippen molar-refractivity contribution >= 4 is 103 Å². The first kappa shape index (κ1) is 105. The molecule has 26 atom stereocenters. The van der Waals surface area contributed by atoms with E-state index in [1.165, 1.54) is 46.8 Å². The third-order valence-corrected chi connectivity index (χ3v) is 26.9. The number of benzene rings is 1. The number of nitrogens with two attached hydrogens (primary N) is 2. The van der Waals surface area contributed by atoms with Gasteiger partial charge in [-0.1, -0.05) is 44.2 Å². The first-order valence-electron chi connectivity index (χ1n) is 41.4. The Morgan fingerprint density at radius 2 is 0.884 bits per heavy atom. The normalized spacial score (nSPS) is 26.9. The maximum atomic E-state index is 14.6. The Kier molecular flexibility index (Phi) is 32.9. The van der Waals surface area contributed by atoms with Gasteiger partial charge in [0.25, 0.3) is 16.7 Å². The molecule has 7 aromatic heterocycles. The second-order valence-electron chi connectivity index (χ2n) is 32.2. The van der Waals surface area contributed by atoms with E-state index in [1.54, 1.807) is 18.2 Å². The summed E-state index contributed by atoms with van der Waals surface area (Å²) in [6, 6.07) is 1.01. The number of nitrogens with zero attached hydrogens (tertiary/aromatic N) is 11. The van der Waals surface area contributed by atoms with Crippen LogP contribution in [0.25, 0.3) is 22.3 Å². The summed E-state index contributed by atoms with van der Waals surface area (Å²) in [5.41, 5.74) is 6.33. The van der Waals surface area contributed by atoms with Gasteiger partial charge in [0.1, 0.15) is 134 Å². The fourth-order valence-electron chi connectivity index (χ4n) is 14.9. The average Bonchev–Trinajstić information content (AvgIpc) is 1.61. The Labute approximate surface area is 772 Å². The molecule has 5 aliphatic rings. The molecular formula is C72H95N20O41P5. The number of carbonyl (C=O) groups is 5. The van der Waals surface area contributed by atoms with Crippen LogP contribution >= 0.6 is 39.1 Å². The third-order valence-electron chi connectivity index (χ3n) is 22.0. The Morgan fingerprint density at radius 3 is 1.31 bits per heavy atom. The Bertz CT molecular complexity index is 6480. The number of aromatic nitrogens is 14. The molecule has 5 unspecified atom stereocenters. The van der Waals surface area contributed by atoms with E-state index in [0.29, 0.717) is 5.56 Å². The van der Waals surface area contributed by atoms with E-state index < -0.39 is 302 Å². The van der Waals surface area contributed by atoms with Crippen LogP contribution in [0.5, 0.6) is 0 Å². The van der Waals surface area contributed by atoms with Crippen LogP contribution in [0, 0.1) is 26.7 Å². The number of aliphatic hydroxyl groups is 4. The van der Waals surface area contributed by atoms with Crippen molar-refractivity contribution in [3.8, 4) is 0 Å². The molecule has 12 heterocycles. The van der Waals surface area contributed by atoms with E-state index in [4.69, 9.17) is 80.4 Å². The average molecular weight is 2050 g/mol. The van der Waals surface area contributed by atoms with Gasteiger partial charge < -0.3 is 106 Å². The quantitative estimate of drug-likeness (QED) is 0.0160. The number of nitrogens with one attached hydrogen (secondary N) is 7. The number of amides is 4. The van der Waals surface area contributed by atoms with Crippen LogP contribution < -0.4 is 66.5 Å². The SMILES string of the molecule is Cc1cn([C@H]2C[C@H](OP(=O)(O)OC[C@H]3O[C@@H](n4cnc5c(N)ncnc54)[C@H](O)[C@@H]3OP(=O)(O)OC[C@H]3O[C@@H](n4cc(C)c(=O)[nH]c4=O)C[C@@H]3OP(=O)(O)OC[C@H]3O[C@@H](n4cnc5c(N)ncnc54)[C@H](O)[C@@H]3OP(=O)(O)OC[C@H]3O[C@@H](n4cc(C)c(=O)[nH]c4=O)C[C@@H]3O)[C@@H](COP(=O)(O)OC[C@H](NC(=O)Cc3ccccc3)C(=O)N[C@@H](C)C(=O)N[C@@H](CO)C(=O)N[C@H](C(=O)O)C(C)C)O2)c(=O)[nH]c1=O. The molecule has 5 aliphatic heterocycles. The van der Waals surface area contributed by atoms with Gasteiger partial charge in [0.2, 0.25) is 23.6 Å². The molecular weight excluding hydrogens is 1960 g/mol. The summed E-state index contributed by atoms with van der Waals surface area (Å²) >= 11 is 0. The van der Waals surface area contributed by atoms with Gasteiger partial charge in [-0.25, -0.2) is 71.9 Å². The van der Waals surface area contributed by atoms with Crippen molar-refractivity contribution < 1.29 is 166 Å². The van der Waals surface area contributed by atoms with E-state index in [0.717, 1.165) is 73.7 Å². The molecule has 0 bridgehead atoms. The Hall–Kier alpha value is -10.5. The number of phosphoric acid groups is 5. The van der Waals surface area contributed by atoms with Crippen molar-refractivity contribution in [2.75, 3.05) is 57.7 Å². The van der Waals surface area contributed by atoms with Crippen molar-refractivity contribution in [2.45, 2.75) is 196 Å². The van der Waals surface area contributed by atoms with Gasteiger partial charge >= 0.3 is 62.2 Å². The lowest BCUT2D eigenvalue weighted by Gasteiger charge is -2.26. The molecule has 0 aliphatic carbocycles. The number of aliphatic carboxylic acids is 1. The number of fused-ring (bicyclic) bond motifs is 2. The molecule has 5 fully saturated rings. The second kappa shape index (κ2) is 43.3. The number of carboxylic acids is 1. The van der Waals surface area contributed by atoms with E-state index in [1.807, 2.05) is 9.97 Å². The lowest BCUT2D eigenvalue weighted by molar-refractivity contribution is -0.143. The summed E-state index contributed by atoms with van der Waals surface area (Å²) in [4.78, 5) is 230. The van der Waals surface area contributed by atoms with Crippen LogP contribution in [0.1, 0.15) is 93.4 Å². The molecule has 5 saturated heterocycles. The van der Waals surface area contributed by atoms with Crippen molar-refractivity contribution in [1.29, 1.82) is 0 Å². The molecule has 4 amide bonds. The number of ether oxygens (including phenoxy) is 5. The topological polar surface area (TPSA) is 863 Å². The maximum Gasteiger partial charge on any atom is 0.472 e. The number of hydrogen-bond acceptors (Lipinski definition) is 43. The zero-order chi connectivity index (χ0) is 100. The molecule has 61 nitrogen and oxygen atoms in total. The number of hydrogen-bond donors (Lipinski definition) is 19. The minimum atomic E-state index is -5.92. The maximum absolute atomic E-state index is 14.6. The largest absolute Gasteiger partial charge is 0.480 e. The molecule has 8 aromatic rings. The molecule has 754 valence electrons. The minimum Gasteiger partial charge on any atom is -0.480 e. The monoisotopic (exact) mass is 2050 g/mol. The van der Waals surface area contributed by atoms with Gasteiger partial charge in [-0.05, 0) is 39.2 Å². The van der Waals surface area contributed by atoms with Gasteiger partial charge in [0, 0.05) is 54.5 Å². The highest BCUT2D eigenvalue weighted by molar-refractivity contribution is 7.48. The van der Waals surface area contributed by atoms with Crippen molar-refractivity contribution in [2.24, 2.45) is 5.92 Å². The van der Waals surface area contributed by atoms with Gasteiger partial charge in [-0.3, -0.25) is 117 Å². The number of nitrogen functional groups attached to an aromatic ring is 2. The molecule has 1 aromatic carbocycles. The number of carboxylic acid groups (broad SMARTS) is 1. The van der Waals surface area contributed by atoms with E-state index in [9.17, 15) is 126 Å². The fourth-order valence-corrected chi connectivity index (χ4v) is 19.5. The van der Waals surface area contributed by atoms with Crippen molar-refractivity contribution in [3.05, 3.63) is 159 Å². The van der Waals surface area contributed by atoms with E-state index >= 15 is 0 Å². The van der Waals surface area contributed by atoms with Crippen LogP contribution in [0.4, 0.5) is 11.6 Å².